The number of rotatable bonds is 7. The van der Waals surface area contributed by atoms with Crippen LogP contribution in [-0.2, 0) is 7.05 Å². The van der Waals surface area contributed by atoms with Gasteiger partial charge >= 0.3 is 0 Å². The lowest BCUT2D eigenvalue weighted by molar-refractivity contribution is 0.0888. The largest absolute Gasteiger partial charge is 0.357 e. The number of carbonyl (C=O) groups excluding carboxylic acids is 1. The van der Waals surface area contributed by atoms with E-state index in [0.717, 1.165) is 74.3 Å². The van der Waals surface area contributed by atoms with Gasteiger partial charge in [0.05, 0.1) is 5.39 Å². The van der Waals surface area contributed by atoms with Crippen molar-refractivity contribution in [1.82, 2.24) is 29.9 Å². The smallest absolute Gasteiger partial charge is 0.272 e. The zero-order chi connectivity index (χ0) is 32.4. The Morgan fingerprint density at radius 2 is 1.32 bits per heavy atom. The summed E-state index contributed by atoms with van der Waals surface area (Å²) in [6.45, 7) is 11.3. The molecule has 2 aromatic heterocycles. The number of hydrogen-bond acceptors (Lipinski definition) is 6. The van der Waals surface area contributed by atoms with Crippen molar-refractivity contribution < 1.29 is 4.79 Å². The molecule has 8 nitrogen and oxygen atoms in total. The molecule has 0 bridgehead atoms. The molecule has 0 atom stereocenters. The fraction of sp³-hybridized carbons (Fsp3) is 0.667. The molecular weight excluding hydrogens is 582 g/mol. The molecule has 256 valence electrons. The van der Waals surface area contributed by atoms with Crippen LogP contribution in [0.25, 0.3) is 11.0 Å². The molecule has 0 unspecified atom stereocenters. The first-order chi connectivity index (χ1) is 23.0. The van der Waals surface area contributed by atoms with Crippen LogP contribution in [0, 0.1) is 18.8 Å². The summed E-state index contributed by atoms with van der Waals surface area (Å²) in [5, 5.41) is 8.75. The Morgan fingerprint density at radius 1 is 0.723 bits per heavy atom. The van der Waals surface area contributed by atoms with E-state index in [-0.39, 0.29) is 11.9 Å². The van der Waals surface area contributed by atoms with Gasteiger partial charge in [0, 0.05) is 52.4 Å². The first-order valence-electron chi connectivity index (χ1n) is 18.9. The topological polar surface area (TPSA) is 69.5 Å². The molecule has 1 saturated carbocycles. The van der Waals surface area contributed by atoms with Gasteiger partial charge in [0.15, 0.2) is 11.3 Å². The van der Waals surface area contributed by atoms with E-state index >= 15 is 0 Å². The summed E-state index contributed by atoms with van der Waals surface area (Å²) in [4.78, 5) is 25.9. The number of benzene rings is 1. The van der Waals surface area contributed by atoms with Gasteiger partial charge in [-0.15, -0.1) is 0 Å². The number of aryl methyl sites for hydroxylation is 2. The van der Waals surface area contributed by atoms with Gasteiger partial charge in [-0.1, -0.05) is 80.8 Å². The van der Waals surface area contributed by atoms with Crippen LogP contribution in [0.3, 0.4) is 0 Å². The molecule has 1 aromatic carbocycles. The number of likely N-dealkylation sites (tertiary alicyclic amines) is 2. The summed E-state index contributed by atoms with van der Waals surface area (Å²) in [5.74, 6) is 2.95. The first kappa shape index (κ1) is 33.9. The molecule has 5 heterocycles. The number of fused-ring (bicyclic) bond motifs is 1. The molecule has 7 rings (SSSR count). The number of nitrogens with one attached hydrogen (secondary N) is 1. The molecule has 3 saturated heterocycles. The molecule has 4 aliphatic rings. The maximum Gasteiger partial charge on any atom is 0.272 e. The quantitative estimate of drug-likeness (QED) is 0.305. The third kappa shape index (κ3) is 9.35. The van der Waals surface area contributed by atoms with Gasteiger partial charge in [-0.2, -0.15) is 5.10 Å². The second-order valence-corrected chi connectivity index (χ2v) is 14.7. The number of nitrogens with zero attached hydrogens (tertiary/aromatic N) is 6. The lowest BCUT2D eigenvalue weighted by atomic mass is 9.76. The number of pyridine rings is 1. The molecule has 0 spiro atoms. The van der Waals surface area contributed by atoms with Gasteiger partial charge in [0.1, 0.15) is 5.82 Å². The highest BCUT2D eigenvalue weighted by Crippen LogP contribution is 2.35. The lowest BCUT2D eigenvalue weighted by Gasteiger charge is -2.39. The average molecular weight is 642 g/mol. The highest BCUT2D eigenvalue weighted by Gasteiger charge is 2.29. The van der Waals surface area contributed by atoms with E-state index in [1.807, 2.05) is 31.3 Å². The third-order valence-corrected chi connectivity index (χ3v) is 11.4. The molecule has 4 fully saturated rings. The SMILES string of the molecule is Cc1ccccc1.Cn1nc(C(=O)NC2CCN(CCN3CCC(C4CCCCC4)CC3)CC2)c2ccc(N3CCCCCC3)nc21. The Balaban J connectivity index is 0.000000491. The van der Waals surface area contributed by atoms with Crippen LogP contribution >= 0.6 is 0 Å². The van der Waals surface area contributed by atoms with Crippen molar-refractivity contribution >= 4 is 22.8 Å². The van der Waals surface area contributed by atoms with Crippen LogP contribution in [0.15, 0.2) is 42.5 Å². The molecule has 47 heavy (non-hydrogen) atoms. The minimum atomic E-state index is -0.0609. The number of carbonyl (C=O) groups is 1. The Morgan fingerprint density at radius 3 is 1.94 bits per heavy atom. The molecule has 3 aliphatic heterocycles. The summed E-state index contributed by atoms with van der Waals surface area (Å²) in [6.07, 6.45) is 17.3. The summed E-state index contributed by atoms with van der Waals surface area (Å²) < 4.78 is 1.77. The fourth-order valence-electron chi connectivity index (χ4n) is 8.39. The zero-order valence-corrected chi connectivity index (χ0v) is 29.2. The van der Waals surface area contributed by atoms with E-state index in [4.69, 9.17) is 4.98 Å². The second-order valence-electron chi connectivity index (χ2n) is 14.7. The van der Waals surface area contributed by atoms with Gasteiger partial charge in [-0.05, 0) is 82.5 Å². The summed E-state index contributed by atoms with van der Waals surface area (Å²) >= 11 is 0. The monoisotopic (exact) mass is 641 g/mol. The van der Waals surface area contributed by atoms with Crippen molar-refractivity contribution in [3.05, 3.63) is 53.7 Å². The Kier molecular flexibility index (Phi) is 12.2. The van der Waals surface area contributed by atoms with E-state index in [0.29, 0.717) is 5.69 Å². The minimum Gasteiger partial charge on any atom is -0.357 e. The molecular formula is C39H59N7O. The van der Waals surface area contributed by atoms with Gasteiger partial charge in [-0.3, -0.25) is 4.79 Å². The average Bonchev–Trinajstić information content (AvgIpc) is 3.25. The van der Waals surface area contributed by atoms with Gasteiger partial charge < -0.3 is 20.0 Å². The number of aromatic nitrogens is 3. The van der Waals surface area contributed by atoms with Crippen molar-refractivity contribution in [2.75, 3.05) is 57.3 Å². The Labute approximate surface area is 283 Å². The van der Waals surface area contributed by atoms with Crippen LogP contribution in [0.2, 0.25) is 0 Å². The van der Waals surface area contributed by atoms with E-state index in [1.165, 1.54) is 95.8 Å². The standard InChI is InChI=1S/C32H51N7O.C7H8/c1-36-31-28(11-12-29(34-31)39-17-7-2-3-8-18-39)30(35-36)32(40)33-27-15-21-38(22-16-27)24-23-37-19-13-26(14-20-37)25-9-5-4-6-10-25;1-7-5-3-2-4-6-7/h11-12,25-27H,2-10,13-24H2,1H3,(H,33,40);2-6H,1H3. The highest BCUT2D eigenvalue weighted by molar-refractivity contribution is 6.04. The second kappa shape index (κ2) is 16.9. The summed E-state index contributed by atoms with van der Waals surface area (Å²) in [7, 11) is 1.90. The van der Waals surface area contributed by atoms with Gasteiger partial charge in [-0.25, -0.2) is 9.67 Å². The number of piperidine rings is 2. The number of anilines is 1. The van der Waals surface area contributed by atoms with Crippen LogP contribution in [-0.4, -0.2) is 88.9 Å². The van der Waals surface area contributed by atoms with E-state index < -0.39 is 0 Å². The van der Waals surface area contributed by atoms with Crippen molar-refractivity contribution in [2.45, 2.75) is 96.4 Å². The summed E-state index contributed by atoms with van der Waals surface area (Å²) in [5.41, 5.74) is 2.62. The zero-order valence-electron chi connectivity index (χ0n) is 29.2. The maximum absolute atomic E-state index is 13.3. The number of hydrogen-bond donors (Lipinski definition) is 1. The van der Waals surface area contributed by atoms with Crippen molar-refractivity contribution in [2.24, 2.45) is 18.9 Å². The van der Waals surface area contributed by atoms with E-state index in [9.17, 15) is 4.79 Å². The van der Waals surface area contributed by atoms with Crippen LogP contribution in [0.4, 0.5) is 5.82 Å². The van der Waals surface area contributed by atoms with Crippen LogP contribution in [0.5, 0.6) is 0 Å². The molecule has 1 amide bonds. The van der Waals surface area contributed by atoms with Crippen molar-refractivity contribution in [3.8, 4) is 0 Å². The lowest BCUT2D eigenvalue weighted by Crippen LogP contribution is -2.47. The predicted octanol–water partition coefficient (Wildman–Crippen LogP) is 6.83. The van der Waals surface area contributed by atoms with Crippen LogP contribution < -0.4 is 10.2 Å². The van der Waals surface area contributed by atoms with Gasteiger partial charge in [0.25, 0.3) is 5.91 Å². The highest BCUT2D eigenvalue weighted by atomic mass is 16.2. The number of amides is 1. The molecule has 8 heteroatoms. The molecule has 3 aromatic rings. The normalized spacial score (nSPS) is 21.3. The van der Waals surface area contributed by atoms with Crippen molar-refractivity contribution in [3.63, 3.8) is 0 Å². The third-order valence-electron chi connectivity index (χ3n) is 11.4. The summed E-state index contributed by atoms with van der Waals surface area (Å²) in [6, 6.07) is 14.6. The van der Waals surface area contributed by atoms with Gasteiger partial charge in [0.2, 0.25) is 0 Å². The Bertz CT molecular complexity index is 1380. The minimum absolute atomic E-state index is 0.0609. The van der Waals surface area contributed by atoms with E-state index in [1.54, 1.807) is 4.68 Å². The van der Waals surface area contributed by atoms with E-state index in [2.05, 4.69) is 50.2 Å². The fourth-order valence-corrected chi connectivity index (χ4v) is 8.39. The van der Waals surface area contributed by atoms with Crippen LogP contribution in [0.1, 0.15) is 99.5 Å². The molecule has 0 radical (unpaired) electrons. The first-order valence-corrected chi connectivity index (χ1v) is 18.9. The molecule has 1 N–H and O–H groups in total. The Hall–Kier alpha value is -2.97. The predicted molar refractivity (Wildman–Crippen MR) is 193 cm³/mol. The maximum atomic E-state index is 13.3. The van der Waals surface area contributed by atoms with Crippen molar-refractivity contribution in [1.29, 1.82) is 0 Å². The molecule has 1 aliphatic carbocycles.